The van der Waals surface area contributed by atoms with Gasteiger partial charge in [-0.3, -0.25) is 4.79 Å². The summed E-state index contributed by atoms with van der Waals surface area (Å²) in [4.78, 5) is 13.1. The zero-order valence-corrected chi connectivity index (χ0v) is 13.3. The van der Waals surface area contributed by atoms with Gasteiger partial charge in [0.15, 0.2) is 5.78 Å². The molecule has 0 aliphatic carbocycles. The molecule has 0 aliphatic heterocycles. The van der Waals surface area contributed by atoms with E-state index in [1.54, 1.807) is 29.5 Å². The number of thiophene rings is 1. The van der Waals surface area contributed by atoms with Gasteiger partial charge in [-0.15, -0.1) is 11.3 Å². The molecule has 1 nitrogen and oxygen atoms in total. The first kappa shape index (κ1) is 13.3. The molecule has 0 unspecified atom stereocenters. The van der Waals surface area contributed by atoms with E-state index in [1.807, 2.05) is 11.4 Å². The van der Waals surface area contributed by atoms with Gasteiger partial charge in [-0.1, -0.05) is 17.7 Å². The highest BCUT2D eigenvalue weighted by molar-refractivity contribution is 9.10. The maximum Gasteiger partial charge on any atom is 0.168 e. The summed E-state index contributed by atoms with van der Waals surface area (Å²) < 4.78 is 1.78. The van der Waals surface area contributed by atoms with Gasteiger partial charge in [-0.2, -0.15) is 0 Å². The standard InChI is InChI=1S/C12H7Br2ClOS/c13-8-2-1-7(5-10(8)15)11(16)6-12-9(14)3-4-17-12/h1-5H,6H2. The molecule has 1 heterocycles. The minimum absolute atomic E-state index is 0.0718. The van der Waals surface area contributed by atoms with E-state index < -0.39 is 0 Å². The van der Waals surface area contributed by atoms with Crippen molar-refractivity contribution >= 4 is 60.6 Å². The fourth-order valence-electron chi connectivity index (χ4n) is 1.37. The minimum Gasteiger partial charge on any atom is -0.294 e. The van der Waals surface area contributed by atoms with Gasteiger partial charge in [0.25, 0.3) is 0 Å². The third-order valence-corrected chi connectivity index (χ3v) is 5.41. The number of carbonyl (C=O) groups excluding carboxylic acids is 1. The lowest BCUT2D eigenvalue weighted by Gasteiger charge is -2.02. The Hall–Kier alpha value is -0.160. The number of carbonyl (C=O) groups is 1. The lowest BCUT2D eigenvalue weighted by Crippen LogP contribution is -2.02. The zero-order chi connectivity index (χ0) is 12.4. The van der Waals surface area contributed by atoms with Crippen molar-refractivity contribution in [3.8, 4) is 0 Å². The summed E-state index contributed by atoms with van der Waals surface area (Å²) in [7, 11) is 0. The molecule has 2 rings (SSSR count). The van der Waals surface area contributed by atoms with Gasteiger partial charge in [0.2, 0.25) is 0 Å². The lowest BCUT2D eigenvalue weighted by atomic mass is 10.1. The summed E-state index contributed by atoms with van der Waals surface area (Å²) in [5.41, 5.74) is 0.638. The number of halogens is 3. The van der Waals surface area contributed by atoms with Crippen LogP contribution < -0.4 is 0 Å². The van der Waals surface area contributed by atoms with Crippen LogP contribution in [0.1, 0.15) is 15.2 Å². The molecule has 5 heteroatoms. The van der Waals surface area contributed by atoms with E-state index in [0.29, 0.717) is 17.0 Å². The van der Waals surface area contributed by atoms with Gasteiger partial charge < -0.3 is 0 Å². The summed E-state index contributed by atoms with van der Waals surface area (Å²) >= 11 is 14.3. The number of benzene rings is 1. The molecular formula is C12H7Br2ClOS. The summed E-state index contributed by atoms with van der Waals surface area (Å²) in [6, 6.07) is 7.20. The molecule has 0 aliphatic rings. The average Bonchev–Trinajstić information content (AvgIpc) is 2.68. The number of Topliss-reactive ketones (excluding diaryl/α,β-unsaturated/α-hetero) is 1. The summed E-state index contributed by atoms with van der Waals surface area (Å²) in [6.45, 7) is 0. The van der Waals surface area contributed by atoms with Gasteiger partial charge in [0.1, 0.15) is 0 Å². The van der Waals surface area contributed by atoms with E-state index in [4.69, 9.17) is 11.6 Å². The lowest BCUT2D eigenvalue weighted by molar-refractivity contribution is 0.0993. The van der Waals surface area contributed by atoms with Crippen LogP contribution in [0.5, 0.6) is 0 Å². The SMILES string of the molecule is O=C(Cc1sccc1Br)c1ccc(Br)c(Cl)c1. The Morgan fingerprint density at radius 2 is 2.00 bits per heavy atom. The Morgan fingerprint density at radius 1 is 1.24 bits per heavy atom. The maximum absolute atomic E-state index is 12.0. The fourth-order valence-corrected chi connectivity index (χ4v) is 3.29. The molecule has 0 bridgehead atoms. The Morgan fingerprint density at radius 3 is 2.59 bits per heavy atom. The second kappa shape index (κ2) is 5.65. The van der Waals surface area contributed by atoms with Crippen molar-refractivity contribution in [2.24, 2.45) is 0 Å². The summed E-state index contributed by atoms with van der Waals surface area (Å²) in [5, 5.41) is 2.52. The van der Waals surface area contributed by atoms with E-state index in [9.17, 15) is 4.79 Å². The number of hydrogen-bond donors (Lipinski definition) is 0. The zero-order valence-electron chi connectivity index (χ0n) is 8.54. The van der Waals surface area contributed by atoms with E-state index in [0.717, 1.165) is 13.8 Å². The minimum atomic E-state index is 0.0718. The van der Waals surface area contributed by atoms with E-state index >= 15 is 0 Å². The van der Waals surface area contributed by atoms with Crippen molar-refractivity contribution in [2.45, 2.75) is 6.42 Å². The predicted octanol–water partition coefficient (Wildman–Crippen LogP) is 5.35. The van der Waals surface area contributed by atoms with Crippen molar-refractivity contribution in [2.75, 3.05) is 0 Å². The molecule has 0 N–H and O–H groups in total. The highest BCUT2D eigenvalue weighted by atomic mass is 79.9. The van der Waals surface area contributed by atoms with Crippen molar-refractivity contribution in [1.82, 2.24) is 0 Å². The van der Waals surface area contributed by atoms with Crippen LogP contribution >= 0.6 is 54.8 Å². The predicted molar refractivity (Wildman–Crippen MR) is 79.2 cm³/mol. The Bertz CT molecular complexity index is 565. The quantitative estimate of drug-likeness (QED) is 0.641. The van der Waals surface area contributed by atoms with Crippen LogP contribution in [0, 0.1) is 0 Å². The van der Waals surface area contributed by atoms with Crippen LogP contribution in [0.25, 0.3) is 0 Å². The fraction of sp³-hybridized carbons (Fsp3) is 0.0833. The highest BCUT2D eigenvalue weighted by Crippen LogP contribution is 2.26. The van der Waals surface area contributed by atoms with Crippen LogP contribution in [-0.4, -0.2) is 5.78 Å². The monoisotopic (exact) mass is 392 g/mol. The second-order valence-electron chi connectivity index (χ2n) is 3.42. The van der Waals surface area contributed by atoms with Gasteiger partial charge >= 0.3 is 0 Å². The average molecular weight is 395 g/mol. The Labute approximate surface area is 125 Å². The molecular weight excluding hydrogens is 387 g/mol. The van der Waals surface area contributed by atoms with Crippen LogP contribution in [0.15, 0.2) is 38.6 Å². The van der Waals surface area contributed by atoms with Gasteiger partial charge in [0.05, 0.1) is 5.02 Å². The first-order valence-electron chi connectivity index (χ1n) is 4.78. The summed E-state index contributed by atoms with van der Waals surface area (Å²) in [6.07, 6.45) is 0.399. The molecule has 0 saturated heterocycles. The largest absolute Gasteiger partial charge is 0.294 e. The number of rotatable bonds is 3. The van der Waals surface area contributed by atoms with Crippen LogP contribution in [-0.2, 0) is 6.42 Å². The van der Waals surface area contributed by atoms with Gasteiger partial charge in [-0.05, 0) is 55.4 Å². The van der Waals surface area contributed by atoms with Crippen LogP contribution in [0.3, 0.4) is 0 Å². The molecule has 0 saturated carbocycles. The molecule has 1 aromatic carbocycles. The van der Waals surface area contributed by atoms with Crippen molar-refractivity contribution in [3.05, 3.63) is 54.1 Å². The van der Waals surface area contributed by atoms with Crippen molar-refractivity contribution < 1.29 is 4.79 Å². The summed E-state index contributed by atoms with van der Waals surface area (Å²) in [5.74, 6) is 0.0718. The topological polar surface area (TPSA) is 17.1 Å². The van der Waals surface area contributed by atoms with Crippen LogP contribution in [0.4, 0.5) is 0 Å². The van der Waals surface area contributed by atoms with Crippen molar-refractivity contribution in [3.63, 3.8) is 0 Å². The van der Waals surface area contributed by atoms with E-state index in [1.165, 1.54) is 0 Å². The highest BCUT2D eigenvalue weighted by Gasteiger charge is 2.11. The number of hydrogen-bond acceptors (Lipinski definition) is 2. The molecule has 0 amide bonds. The Balaban J connectivity index is 2.20. The molecule has 0 radical (unpaired) electrons. The van der Waals surface area contributed by atoms with Gasteiger partial charge in [-0.25, -0.2) is 0 Å². The molecule has 88 valence electrons. The first-order chi connectivity index (χ1) is 8.08. The van der Waals surface area contributed by atoms with Crippen LogP contribution in [0.2, 0.25) is 5.02 Å². The normalized spacial score (nSPS) is 10.5. The Kier molecular flexibility index (Phi) is 4.42. The first-order valence-corrected chi connectivity index (χ1v) is 7.62. The van der Waals surface area contributed by atoms with E-state index in [2.05, 4.69) is 31.9 Å². The molecule has 17 heavy (non-hydrogen) atoms. The molecule has 0 atom stereocenters. The third-order valence-electron chi connectivity index (χ3n) is 2.25. The maximum atomic E-state index is 12.0. The smallest absolute Gasteiger partial charge is 0.168 e. The van der Waals surface area contributed by atoms with Crippen molar-refractivity contribution in [1.29, 1.82) is 0 Å². The number of ketones is 1. The second-order valence-corrected chi connectivity index (χ2v) is 6.54. The van der Waals surface area contributed by atoms with Gasteiger partial charge in [0, 0.05) is 25.8 Å². The molecule has 2 aromatic rings. The van der Waals surface area contributed by atoms with E-state index in [-0.39, 0.29) is 5.78 Å². The molecule has 0 fully saturated rings. The molecule has 0 spiro atoms. The molecule has 1 aromatic heterocycles. The third kappa shape index (κ3) is 3.19.